The van der Waals surface area contributed by atoms with Crippen molar-refractivity contribution in [2.45, 2.75) is 6.92 Å². The van der Waals surface area contributed by atoms with Crippen LogP contribution in [-0.2, 0) is 0 Å². The molecule has 1 aromatic carbocycles. The Labute approximate surface area is 115 Å². The Morgan fingerprint density at radius 3 is 2.78 bits per heavy atom. The summed E-state index contributed by atoms with van der Waals surface area (Å²) in [6.45, 7) is 1.89. The monoisotopic (exact) mass is 277 g/mol. The molecule has 1 heterocycles. The number of nitrogens with zero attached hydrogens (tertiary/aromatic N) is 2. The van der Waals surface area contributed by atoms with E-state index in [2.05, 4.69) is 16.4 Å². The smallest absolute Gasteiger partial charge is 0.101 e. The molecule has 0 aliphatic carbocycles. The highest BCUT2D eigenvalue weighted by atomic mass is 35.5. The molecule has 18 heavy (non-hydrogen) atoms. The third-order valence-electron chi connectivity index (χ3n) is 2.49. The van der Waals surface area contributed by atoms with Crippen molar-refractivity contribution in [1.82, 2.24) is 4.98 Å². The van der Waals surface area contributed by atoms with Crippen LogP contribution in [0.5, 0.6) is 0 Å². The first-order valence-electron chi connectivity index (χ1n) is 5.19. The van der Waals surface area contributed by atoms with Gasteiger partial charge in [0.1, 0.15) is 6.07 Å². The number of nitriles is 1. The van der Waals surface area contributed by atoms with Crippen LogP contribution in [0.15, 0.2) is 30.6 Å². The minimum absolute atomic E-state index is 0.485. The quantitative estimate of drug-likeness (QED) is 0.890. The van der Waals surface area contributed by atoms with Crippen LogP contribution in [-0.4, -0.2) is 4.98 Å². The molecule has 0 aliphatic rings. The first-order chi connectivity index (χ1) is 8.63. The van der Waals surface area contributed by atoms with Gasteiger partial charge in [0.25, 0.3) is 0 Å². The Kier molecular flexibility index (Phi) is 3.71. The summed E-state index contributed by atoms with van der Waals surface area (Å²) >= 11 is 12.3. The van der Waals surface area contributed by atoms with Gasteiger partial charge in [-0.05, 0) is 24.6 Å². The van der Waals surface area contributed by atoms with E-state index in [1.54, 1.807) is 24.5 Å². The molecule has 90 valence electrons. The van der Waals surface area contributed by atoms with Gasteiger partial charge in [0.15, 0.2) is 0 Å². The SMILES string of the molecule is Cc1ccc(Cl)c(Nc2cnccc2C#N)c1Cl. The molecule has 0 radical (unpaired) electrons. The van der Waals surface area contributed by atoms with Gasteiger partial charge in [0, 0.05) is 6.20 Å². The summed E-state index contributed by atoms with van der Waals surface area (Å²) in [5, 5.41) is 13.1. The lowest BCUT2D eigenvalue weighted by atomic mass is 10.2. The minimum atomic E-state index is 0.485. The van der Waals surface area contributed by atoms with Gasteiger partial charge in [0.2, 0.25) is 0 Å². The Balaban J connectivity index is 2.47. The molecule has 0 spiro atoms. The van der Waals surface area contributed by atoms with Crippen LogP contribution >= 0.6 is 23.2 Å². The molecule has 2 rings (SSSR count). The molecule has 0 fully saturated rings. The van der Waals surface area contributed by atoms with Gasteiger partial charge in [-0.1, -0.05) is 29.3 Å². The first-order valence-corrected chi connectivity index (χ1v) is 5.95. The van der Waals surface area contributed by atoms with E-state index in [0.717, 1.165) is 5.56 Å². The predicted molar refractivity (Wildman–Crippen MR) is 73.4 cm³/mol. The fraction of sp³-hybridized carbons (Fsp3) is 0.0769. The van der Waals surface area contributed by atoms with E-state index in [9.17, 15) is 0 Å². The van der Waals surface area contributed by atoms with Crippen molar-refractivity contribution in [3.05, 3.63) is 51.8 Å². The highest BCUT2D eigenvalue weighted by molar-refractivity contribution is 6.39. The van der Waals surface area contributed by atoms with E-state index in [4.69, 9.17) is 28.5 Å². The van der Waals surface area contributed by atoms with Crippen LogP contribution < -0.4 is 5.32 Å². The zero-order chi connectivity index (χ0) is 13.1. The second-order valence-electron chi connectivity index (χ2n) is 3.71. The molecule has 1 aromatic heterocycles. The number of anilines is 2. The summed E-state index contributed by atoms with van der Waals surface area (Å²) in [6, 6.07) is 7.30. The molecule has 0 amide bonds. The average molecular weight is 278 g/mol. The number of benzene rings is 1. The lowest BCUT2D eigenvalue weighted by molar-refractivity contribution is 1.30. The van der Waals surface area contributed by atoms with Gasteiger partial charge in [0.05, 0.1) is 33.2 Å². The fourth-order valence-corrected chi connectivity index (χ4v) is 1.96. The van der Waals surface area contributed by atoms with Gasteiger partial charge in [-0.2, -0.15) is 5.26 Å². The highest BCUT2D eigenvalue weighted by Gasteiger charge is 2.10. The molecule has 1 N–H and O–H groups in total. The maximum absolute atomic E-state index is 9.01. The van der Waals surface area contributed by atoms with Gasteiger partial charge in [-0.25, -0.2) is 0 Å². The number of hydrogen-bond donors (Lipinski definition) is 1. The molecule has 0 atom stereocenters. The Morgan fingerprint density at radius 1 is 1.28 bits per heavy atom. The normalized spacial score (nSPS) is 9.89. The average Bonchev–Trinajstić information content (AvgIpc) is 2.39. The number of aromatic nitrogens is 1. The van der Waals surface area contributed by atoms with Crippen LogP contribution in [0.2, 0.25) is 10.0 Å². The summed E-state index contributed by atoms with van der Waals surface area (Å²) in [5.41, 5.74) is 2.56. The zero-order valence-electron chi connectivity index (χ0n) is 9.54. The molecule has 5 heteroatoms. The zero-order valence-corrected chi connectivity index (χ0v) is 11.0. The third-order valence-corrected chi connectivity index (χ3v) is 3.29. The standard InChI is InChI=1S/C13H9Cl2N3/c1-8-2-3-10(14)13(12(8)15)18-11-7-17-5-4-9(11)6-16/h2-5,7,18H,1H3. The largest absolute Gasteiger partial charge is 0.351 e. The van der Waals surface area contributed by atoms with E-state index >= 15 is 0 Å². The van der Waals surface area contributed by atoms with Gasteiger partial charge < -0.3 is 5.32 Å². The number of hydrogen-bond acceptors (Lipinski definition) is 3. The Bertz CT molecular complexity index is 633. The second-order valence-corrected chi connectivity index (χ2v) is 4.50. The number of pyridine rings is 1. The first kappa shape index (κ1) is 12.7. The van der Waals surface area contributed by atoms with Crippen molar-refractivity contribution in [3.63, 3.8) is 0 Å². The summed E-state index contributed by atoms with van der Waals surface area (Å²) < 4.78 is 0. The summed E-state index contributed by atoms with van der Waals surface area (Å²) in [6.07, 6.45) is 3.12. The van der Waals surface area contributed by atoms with Crippen molar-refractivity contribution in [2.75, 3.05) is 5.32 Å². The van der Waals surface area contributed by atoms with Crippen LogP contribution in [0.3, 0.4) is 0 Å². The number of aryl methyl sites for hydroxylation is 1. The van der Waals surface area contributed by atoms with E-state index in [1.165, 1.54) is 0 Å². The number of nitrogens with one attached hydrogen (secondary N) is 1. The lowest BCUT2D eigenvalue weighted by Gasteiger charge is -2.12. The van der Waals surface area contributed by atoms with E-state index in [0.29, 0.717) is 27.0 Å². The maximum Gasteiger partial charge on any atom is 0.101 e. The maximum atomic E-state index is 9.01. The predicted octanol–water partition coefficient (Wildman–Crippen LogP) is 4.31. The van der Waals surface area contributed by atoms with Gasteiger partial charge in [-0.3, -0.25) is 4.98 Å². The summed E-state index contributed by atoms with van der Waals surface area (Å²) in [4.78, 5) is 3.97. The van der Waals surface area contributed by atoms with E-state index in [1.807, 2.05) is 13.0 Å². The molecule has 0 saturated carbocycles. The lowest BCUT2D eigenvalue weighted by Crippen LogP contribution is -1.97. The summed E-state index contributed by atoms with van der Waals surface area (Å²) in [7, 11) is 0. The summed E-state index contributed by atoms with van der Waals surface area (Å²) in [5.74, 6) is 0. The number of halogens is 2. The Hall–Kier alpha value is -1.76. The third kappa shape index (κ3) is 2.40. The molecule has 0 saturated heterocycles. The Morgan fingerprint density at radius 2 is 2.06 bits per heavy atom. The molecule has 0 aliphatic heterocycles. The molecule has 3 nitrogen and oxygen atoms in total. The van der Waals surface area contributed by atoms with Crippen LogP contribution in [0.4, 0.5) is 11.4 Å². The molecule has 2 aromatic rings. The van der Waals surface area contributed by atoms with E-state index in [-0.39, 0.29) is 0 Å². The van der Waals surface area contributed by atoms with Crippen molar-refractivity contribution in [1.29, 1.82) is 5.26 Å². The molecular formula is C13H9Cl2N3. The van der Waals surface area contributed by atoms with Crippen LogP contribution in [0.25, 0.3) is 0 Å². The fourth-order valence-electron chi connectivity index (χ4n) is 1.50. The minimum Gasteiger partial charge on any atom is -0.351 e. The second kappa shape index (κ2) is 5.26. The van der Waals surface area contributed by atoms with Crippen molar-refractivity contribution in [2.24, 2.45) is 0 Å². The molecule has 0 bridgehead atoms. The molecular weight excluding hydrogens is 269 g/mol. The number of rotatable bonds is 2. The molecule has 0 unspecified atom stereocenters. The van der Waals surface area contributed by atoms with Gasteiger partial charge >= 0.3 is 0 Å². The topological polar surface area (TPSA) is 48.7 Å². The van der Waals surface area contributed by atoms with Gasteiger partial charge in [-0.15, -0.1) is 0 Å². The van der Waals surface area contributed by atoms with Crippen LogP contribution in [0.1, 0.15) is 11.1 Å². The van der Waals surface area contributed by atoms with E-state index < -0.39 is 0 Å². The highest BCUT2D eigenvalue weighted by Crippen LogP contribution is 2.35. The van der Waals surface area contributed by atoms with Crippen LogP contribution in [0, 0.1) is 18.3 Å². The van der Waals surface area contributed by atoms with Crippen molar-refractivity contribution < 1.29 is 0 Å². The van der Waals surface area contributed by atoms with Crippen molar-refractivity contribution >= 4 is 34.6 Å². The van der Waals surface area contributed by atoms with Crippen molar-refractivity contribution in [3.8, 4) is 6.07 Å².